The highest BCUT2D eigenvalue weighted by molar-refractivity contribution is 5.90. The number of hydrogen-bond acceptors (Lipinski definition) is 6. The van der Waals surface area contributed by atoms with Gasteiger partial charge in [0.25, 0.3) is 0 Å². The smallest absolute Gasteiger partial charge is 0.226 e. The Hall–Kier alpha value is -3.54. The minimum Gasteiger partial charge on any atom is -0.371 e. The van der Waals surface area contributed by atoms with Gasteiger partial charge in [-0.05, 0) is 6.92 Å². The van der Waals surface area contributed by atoms with Crippen LogP contribution in [0.25, 0.3) is 33.7 Å². The van der Waals surface area contributed by atoms with E-state index in [1.54, 1.807) is 0 Å². The van der Waals surface area contributed by atoms with Crippen LogP contribution in [-0.2, 0) is 0 Å². The zero-order valence-electron chi connectivity index (χ0n) is 15.3. The van der Waals surface area contributed by atoms with Crippen LogP contribution in [0.1, 0.15) is 6.92 Å². The SMILES string of the molecule is CCNc1nc(NC)c2nc(-c3ccccc3)c(-c3ccccc3)nc2n1. The van der Waals surface area contributed by atoms with E-state index in [1.807, 2.05) is 74.6 Å². The molecule has 0 amide bonds. The second-order valence-electron chi connectivity index (χ2n) is 6.00. The second-order valence-corrected chi connectivity index (χ2v) is 6.00. The Morgan fingerprint density at radius 3 is 1.89 bits per heavy atom. The normalized spacial score (nSPS) is 10.7. The molecule has 0 aliphatic carbocycles. The summed E-state index contributed by atoms with van der Waals surface area (Å²) in [6.45, 7) is 2.74. The van der Waals surface area contributed by atoms with Crippen LogP contribution in [0.15, 0.2) is 60.7 Å². The molecule has 0 fully saturated rings. The highest BCUT2D eigenvalue weighted by atomic mass is 15.2. The first-order valence-electron chi connectivity index (χ1n) is 8.92. The lowest BCUT2D eigenvalue weighted by molar-refractivity contribution is 1.08. The van der Waals surface area contributed by atoms with Gasteiger partial charge in [-0.3, -0.25) is 0 Å². The fourth-order valence-electron chi connectivity index (χ4n) is 2.95. The Bertz CT molecular complexity index is 1060. The summed E-state index contributed by atoms with van der Waals surface area (Å²) < 4.78 is 0. The lowest BCUT2D eigenvalue weighted by atomic mass is 10.0. The Morgan fingerprint density at radius 2 is 1.33 bits per heavy atom. The molecule has 0 radical (unpaired) electrons. The number of rotatable bonds is 5. The van der Waals surface area contributed by atoms with E-state index in [1.165, 1.54) is 0 Å². The lowest BCUT2D eigenvalue weighted by Gasteiger charge is -2.13. The van der Waals surface area contributed by atoms with Gasteiger partial charge in [-0.15, -0.1) is 0 Å². The molecule has 0 bridgehead atoms. The predicted molar refractivity (Wildman–Crippen MR) is 110 cm³/mol. The van der Waals surface area contributed by atoms with E-state index < -0.39 is 0 Å². The van der Waals surface area contributed by atoms with Crippen LogP contribution < -0.4 is 10.6 Å². The second kappa shape index (κ2) is 7.37. The van der Waals surface area contributed by atoms with Gasteiger partial charge in [0.2, 0.25) is 5.95 Å². The van der Waals surface area contributed by atoms with E-state index >= 15 is 0 Å². The van der Waals surface area contributed by atoms with E-state index in [0.29, 0.717) is 22.9 Å². The number of aromatic nitrogens is 4. The van der Waals surface area contributed by atoms with Crippen molar-refractivity contribution in [1.29, 1.82) is 0 Å². The maximum atomic E-state index is 4.92. The lowest BCUT2D eigenvalue weighted by Crippen LogP contribution is -2.07. The van der Waals surface area contributed by atoms with Gasteiger partial charge in [0.1, 0.15) is 0 Å². The van der Waals surface area contributed by atoms with Crippen molar-refractivity contribution < 1.29 is 0 Å². The summed E-state index contributed by atoms with van der Waals surface area (Å²) in [7, 11) is 1.83. The molecule has 2 N–H and O–H groups in total. The largest absolute Gasteiger partial charge is 0.371 e. The zero-order chi connectivity index (χ0) is 18.6. The fraction of sp³-hybridized carbons (Fsp3) is 0.143. The summed E-state index contributed by atoms with van der Waals surface area (Å²) in [6, 6.07) is 20.1. The van der Waals surface area contributed by atoms with Crippen molar-refractivity contribution in [3.63, 3.8) is 0 Å². The van der Waals surface area contributed by atoms with Crippen LogP contribution in [0.3, 0.4) is 0 Å². The molecule has 0 spiro atoms. The molecule has 6 heteroatoms. The van der Waals surface area contributed by atoms with E-state index in [-0.39, 0.29) is 0 Å². The summed E-state index contributed by atoms with van der Waals surface area (Å²) >= 11 is 0. The van der Waals surface area contributed by atoms with E-state index in [0.717, 1.165) is 29.1 Å². The van der Waals surface area contributed by atoms with Gasteiger partial charge >= 0.3 is 0 Å². The zero-order valence-corrected chi connectivity index (χ0v) is 15.3. The maximum absolute atomic E-state index is 4.92. The van der Waals surface area contributed by atoms with Gasteiger partial charge < -0.3 is 10.6 Å². The Kier molecular flexibility index (Phi) is 4.61. The molecule has 27 heavy (non-hydrogen) atoms. The van der Waals surface area contributed by atoms with Crippen molar-refractivity contribution in [1.82, 2.24) is 19.9 Å². The van der Waals surface area contributed by atoms with Gasteiger partial charge in [-0.25, -0.2) is 9.97 Å². The van der Waals surface area contributed by atoms with Crippen LogP contribution >= 0.6 is 0 Å². The topological polar surface area (TPSA) is 75.6 Å². The monoisotopic (exact) mass is 356 g/mol. The van der Waals surface area contributed by atoms with Crippen LogP contribution in [0.5, 0.6) is 0 Å². The predicted octanol–water partition coefficient (Wildman–Crippen LogP) is 4.23. The quantitative estimate of drug-likeness (QED) is 0.557. The molecule has 0 aliphatic rings. The standard InChI is InChI=1S/C21H20N6/c1-3-23-21-26-19(22-2)18-20(27-21)25-17(15-12-8-5-9-13-15)16(24-18)14-10-6-4-7-11-14/h4-13H,3H2,1-2H3,(H2,22,23,25,26,27). The van der Waals surface area contributed by atoms with Crippen molar-refractivity contribution in [2.75, 3.05) is 24.2 Å². The molecule has 4 aromatic rings. The highest BCUT2D eigenvalue weighted by Crippen LogP contribution is 2.32. The number of hydrogen-bond donors (Lipinski definition) is 2. The average molecular weight is 356 g/mol. The molecule has 134 valence electrons. The first kappa shape index (κ1) is 16.9. The first-order chi connectivity index (χ1) is 13.3. The van der Waals surface area contributed by atoms with Gasteiger partial charge in [-0.1, -0.05) is 60.7 Å². The van der Waals surface area contributed by atoms with Crippen LogP contribution in [-0.4, -0.2) is 33.5 Å². The highest BCUT2D eigenvalue weighted by Gasteiger charge is 2.17. The molecule has 2 aromatic heterocycles. The minimum atomic E-state index is 0.537. The number of benzene rings is 2. The molecule has 2 aromatic carbocycles. The van der Waals surface area contributed by atoms with Crippen LogP contribution in [0, 0.1) is 0 Å². The van der Waals surface area contributed by atoms with Crippen molar-refractivity contribution in [3.05, 3.63) is 60.7 Å². The molecular weight excluding hydrogens is 336 g/mol. The summed E-state index contributed by atoms with van der Waals surface area (Å²) in [6.07, 6.45) is 0. The minimum absolute atomic E-state index is 0.537. The van der Waals surface area contributed by atoms with Gasteiger partial charge in [0, 0.05) is 24.7 Å². The maximum Gasteiger partial charge on any atom is 0.226 e. The van der Waals surface area contributed by atoms with Crippen molar-refractivity contribution >= 4 is 22.9 Å². The van der Waals surface area contributed by atoms with Gasteiger partial charge in [-0.2, -0.15) is 9.97 Å². The molecule has 0 atom stereocenters. The molecule has 0 unspecified atom stereocenters. The number of nitrogens with zero attached hydrogens (tertiary/aromatic N) is 4. The fourth-order valence-corrected chi connectivity index (χ4v) is 2.95. The third-order valence-corrected chi connectivity index (χ3v) is 4.20. The number of nitrogens with one attached hydrogen (secondary N) is 2. The van der Waals surface area contributed by atoms with Crippen molar-refractivity contribution in [2.24, 2.45) is 0 Å². The molecule has 0 saturated carbocycles. The Morgan fingerprint density at radius 1 is 0.741 bits per heavy atom. The van der Waals surface area contributed by atoms with Crippen molar-refractivity contribution in [2.45, 2.75) is 6.92 Å². The molecular formula is C21H20N6. The van der Waals surface area contributed by atoms with Gasteiger partial charge in [0.05, 0.1) is 11.4 Å². The third-order valence-electron chi connectivity index (χ3n) is 4.20. The molecule has 6 nitrogen and oxygen atoms in total. The summed E-state index contributed by atoms with van der Waals surface area (Å²) in [4.78, 5) is 18.9. The third kappa shape index (κ3) is 3.29. The van der Waals surface area contributed by atoms with E-state index in [9.17, 15) is 0 Å². The van der Waals surface area contributed by atoms with E-state index in [2.05, 4.69) is 20.6 Å². The van der Waals surface area contributed by atoms with Crippen molar-refractivity contribution in [3.8, 4) is 22.5 Å². The van der Waals surface area contributed by atoms with Crippen LogP contribution in [0.2, 0.25) is 0 Å². The average Bonchev–Trinajstić information content (AvgIpc) is 2.73. The summed E-state index contributed by atoms with van der Waals surface area (Å²) in [5.74, 6) is 1.19. The molecule has 2 heterocycles. The number of fused-ring (bicyclic) bond motifs is 1. The van der Waals surface area contributed by atoms with E-state index in [4.69, 9.17) is 9.97 Å². The number of anilines is 2. The first-order valence-corrected chi connectivity index (χ1v) is 8.92. The molecule has 0 aliphatic heterocycles. The summed E-state index contributed by atoms with van der Waals surface area (Å²) in [5, 5.41) is 6.26. The van der Waals surface area contributed by atoms with Crippen LogP contribution in [0.4, 0.5) is 11.8 Å². The Labute approximate surface area is 157 Å². The molecule has 4 rings (SSSR count). The summed E-state index contributed by atoms with van der Waals surface area (Å²) in [5.41, 5.74) is 4.83. The molecule has 0 saturated heterocycles. The van der Waals surface area contributed by atoms with Gasteiger partial charge in [0.15, 0.2) is 17.0 Å². The Balaban J connectivity index is 2.03.